The molecule has 2 nitrogen and oxygen atoms in total. The first kappa shape index (κ1) is 11.1. The van der Waals surface area contributed by atoms with Crippen LogP contribution in [-0.4, -0.2) is 20.3 Å². The molecule has 0 aliphatic carbocycles. The van der Waals surface area contributed by atoms with E-state index >= 15 is 0 Å². The minimum atomic E-state index is 0.421. The van der Waals surface area contributed by atoms with Crippen LogP contribution < -0.4 is 5.32 Å². The number of ether oxygens (including phenoxy) is 1. The number of rotatable bonds is 5. The fourth-order valence-corrected chi connectivity index (χ4v) is 3.63. The van der Waals surface area contributed by atoms with Crippen LogP contribution in [0.2, 0.25) is 0 Å². The fraction of sp³-hybridized carbons (Fsp3) is 0.455. The zero-order valence-corrected chi connectivity index (χ0v) is 10.6. The standard InChI is InChI=1S/C11H15NOS2/c1-8(12-4-5-13-2)10-7-9-3-6-14-11(9)15-10/h3,6-8,12H,4-5H2,1-2H3. The maximum Gasteiger partial charge on any atom is 0.0868 e. The average Bonchev–Trinajstić information content (AvgIpc) is 2.76. The highest BCUT2D eigenvalue weighted by Crippen LogP contribution is 2.33. The molecule has 0 aliphatic rings. The first-order chi connectivity index (χ1) is 7.31. The van der Waals surface area contributed by atoms with Crippen LogP contribution in [0.5, 0.6) is 0 Å². The molecule has 82 valence electrons. The van der Waals surface area contributed by atoms with Crippen molar-refractivity contribution in [1.82, 2.24) is 5.32 Å². The second-order valence-corrected chi connectivity index (χ2v) is 5.74. The van der Waals surface area contributed by atoms with E-state index in [1.54, 1.807) is 7.11 Å². The number of fused-ring (bicyclic) bond motifs is 1. The summed E-state index contributed by atoms with van der Waals surface area (Å²) in [4.78, 5) is 1.41. The van der Waals surface area contributed by atoms with E-state index in [0.29, 0.717) is 6.04 Å². The van der Waals surface area contributed by atoms with Gasteiger partial charge in [0.15, 0.2) is 0 Å². The molecule has 0 aromatic carbocycles. The molecular formula is C11H15NOS2. The summed E-state index contributed by atoms with van der Waals surface area (Å²) in [5.41, 5.74) is 0. The Morgan fingerprint density at radius 1 is 1.53 bits per heavy atom. The summed E-state index contributed by atoms with van der Waals surface area (Å²) in [5.74, 6) is 0. The van der Waals surface area contributed by atoms with Crippen LogP contribution in [0.15, 0.2) is 17.5 Å². The predicted molar refractivity (Wildman–Crippen MR) is 68.0 cm³/mol. The molecule has 0 bridgehead atoms. The van der Waals surface area contributed by atoms with E-state index in [2.05, 4.69) is 29.8 Å². The molecule has 2 heterocycles. The van der Waals surface area contributed by atoms with Crippen molar-refractivity contribution in [3.8, 4) is 0 Å². The fourth-order valence-electron chi connectivity index (χ4n) is 1.48. The third kappa shape index (κ3) is 2.58. The maximum atomic E-state index is 5.01. The molecule has 2 aromatic heterocycles. The minimum Gasteiger partial charge on any atom is -0.383 e. The Kier molecular flexibility index (Phi) is 3.75. The van der Waals surface area contributed by atoms with Crippen molar-refractivity contribution in [2.75, 3.05) is 20.3 Å². The lowest BCUT2D eigenvalue weighted by Gasteiger charge is -2.10. The molecule has 1 N–H and O–H groups in total. The number of hydrogen-bond donors (Lipinski definition) is 1. The predicted octanol–water partition coefficient (Wildman–Crippen LogP) is 3.26. The Hall–Kier alpha value is -0.420. The van der Waals surface area contributed by atoms with Gasteiger partial charge in [0.25, 0.3) is 0 Å². The number of nitrogens with one attached hydrogen (secondary N) is 1. The summed E-state index contributed by atoms with van der Waals surface area (Å²) >= 11 is 3.71. The van der Waals surface area contributed by atoms with Crippen LogP contribution in [0, 0.1) is 0 Å². The summed E-state index contributed by atoms with van der Waals surface area (Å²) in [7, 11) is 1.73. The van der Waals surface area contributed by atoms with Crippen molar-refractivity contribution in [3.63, 3.8) is 0 Å². The summed E-state index contributed by atoms with van der Waals surface area (Å²) in [6.07, 6.45) is 0. The third-order valence-electron chi connectivity index (χ3n) is 2.35. The second kappa shape index (κ2) is 5.07. The zero-order valence-electron chi connectivity index (χ0n) is 8.95. The lowest BCUT2D eigenvalue weighted by atomic mass is 10.2. The molecule has 0 radical (unpaired) electrons. The first-order valence-electron chi connectivity index (χ1n) is 5.00. The van der Waals surface area contributed by atoms with Gasteiger partial charge in [-0.1, -0.05) is 0 Å². The van der Waals surface area contributed by atoms with E-state index < -0.39 is 0 Å². The summed E-state index contributed by atoms with van der Waals surface area (Å²) < 4.78 is 6.44. The van der Waals surface area contributed by atoms with Crippen LogP contribution in [0.4, 0.5) is 0 Å². The lowest BCUT2D eigenvalue weighted by Crippen LogP contribution is -2.22. The summed E-state index contributed by atoms with van der Waals surface area (Å²) in [6, 6.07) is 4.88. The molecule has 0 fully saturated rings. The molecule has 0 saturated heterocycles. The molecule has 0 spiro atoms. The molecule has 1 atom stereocenters. The van der Waals surface area contributed by atoms with Gasteiger partial charge in [-0.05, 0) is 24.4 Å². The minimum absolute atomic E-state index is 0.421. The largest absolute Gasteiger partial charge is 0.383 e. The topological polar surface area (TPSA) is 21.3 Å². The van der Waals surface area contributed by atoms with E-state index in [0.717, 1.165) is 13.2 Å². The second-order valence-electron chi connectivity index (χ2n) is 3.48. The quantitative estimate of drug-likeness (QED) is 0.811. The zero-order chi connectivity index (χ0) is 10.7. The van der Waals surface area contributed by atoms with Crippen LogP contribution in [-0.2, 0) is 4.74 Å². The van der Waals surface area contributed by atoms with E-state index in [1.807, 2.05) is 22.7 Å². The van der Waals surface area contributed by atoms with Crippen LogP contribution in [0.1, 0.15) is 17.8 Å². The SMILES string of the molecule is COCCNC(C)c1cc2ccsc2s1. The highest BCUT2D eigenvalue weighted by molar-refractivity contribution is 7.37. The van der Waals surface area contributed by atoms with Gasteiger partial charge in [0, 0.05) is 30.0 Å². The molecule has 1 unspecified atom stereocenters. The Bertz CT molecular complexity index is 392. The molecule has 0 aliphatic heterocycles. The Labute approximate surface area is 97.9 Å². The number of methoxy groups -OCH3 is 1. The van der Waals surface area contributed by atoms with Crippen LogP contribution in [0.3, 0.4) is 0 Å². The van der Waals surface area contributed by atoms with Gasteiger partial charge < -0.3 is 10.1 Å². The molecule has 2 rings (SSSR count). The van der Waals surface area contributed by atoms with Crippen molar-refractivity contribution in [2.24, 2.45) is 0 Å². The van der Waals surface area contributed by atoms with Gasteiger partial charge in [-0.25, -0.2) is 0 Å². The average molecular weight is 241 g/mol. The monoisotopic (exact) mass is 241 g/mol. The van der Waals surface area contributed by atoms with Gasteiger partial charge in [0.1, 0.15) is 0 Å². The third-order valence-corrected chi connectivity index (χ3v) is 4.74. The van der Waals surface area contributed by atoms with Crippen molar-refractivity contribution in [3.05, 3.63) is 22.4 Å². The number of hydrogen-bond acceptors (Lipinski definition) is 4. The van der Waals surface area contributed by atoms with Gasteiger partial charge in [-0.15, -0.1) is 22.7 Å². The molecule has 2 aromatic rings. The van der Waals surface area contributed by atoms with Crippen molar-refractivity contribution in [2.45, 2.75) is 13.0 Å². The Balaban J connectivity index is 2.00. The molecule has 0 amide bonds. The first-order valence-corrected chi connectivity index (χ1v) is 6.70. The normalized spacial score (nSPS) is 13.5. The van der Waals surface area contributed by atoms with Crippen LogP contribution >= 0.6 is 22.7 Å². The molecule has 0 saturated carbocycles. The molecule has 4 heteroatoms. The van der Waals surface area contributed by atoms with Crippen LogP contribution in [0.25, 0.3) is 9.40 Å². The highest BCUT2D eigenvalue weighted by Gasteiger charge is 2.09. The van der Waals surface area contributed by atoms with Crippen molar-refractivity contribution < 1.29 is 4.74 Å². The highest BCUT2D eigenvalue weighted by atomic mass is 32.2. The number of thiophene rings is 2. The molecule has 15 heavy (non-hydrogen) atoms. The Morgan fingerprint density at radius 3 is 3.13 bits per heavy atom. The van der Waals surface area contributed by atoms with E-state index in [9.17, 15) is 0 Å². The summed E-state index contributed by atoms with van der Waals surface area (Å²) in [6.45, 7) is 3.87. The van der Waals surface area contributed by atoms with Gasteiger partial charge in [-0.3, -0.25) is 0 Å². The lowest BCUT2D eigenvalue weighted by molar-refractivity contribution is 0.196. The van der Waals surface area contributed by atoms with E-state index in [4.69, 9.17) is 4.74 Å². The Morgan fingerprint density at radius 2 is 2.40 bits per heavy atom. The van der Waals surface area contributed by atoms with Gasteiger partial charge in [0.2, 0.25) is 0 Å². The van der Waals surface area contributed by atoms with Gasteiger partial charge in [-0.2, -0.15) is 0 Å². The van der Waals surface area contributed by atoms with Crippen molar-refractivity contribution in [1.29, 1.82) is 0 Å². The van der Waals surface area contributed by atoms with E-state index in [-0.39, 0.29) is 0 Å². The summed E-state index contributed by atoms with van der Waals surface area (Å²) in [5, 5.41) is 6.96. The van der Waals surface area contributed by atoms with E-state index in [1.165, 1.54) is 14.3 Å². The maximum absolute atomic E-state index is 5.01. The smallest absolute Gasteiger partial charge is 0.0868 e. The molecular weight excluding hydrogens is 226 g/mol. The van der Waals surface area contributed by atoms with Gasteiger partial charge >= 0.3 is 0 Å². The van der Waals surface area contributed by atoms with Gasteiger partial charge in [0.05, 0.1) is 10.6 Å². The van der Waals surface area contributed by atoms with Crippen molar-refractivity contribution >= 4 is 32.1 Å².